The molecule has 1 saturated heterocycles. The molecule has 1 aromatic carbocycles. The van der Waals surface area contributed by atoms with E-state index in [2.05, 4.69) is 15.4 Å². The second-order valence-electron chi connectivity index (χ2n) is 16.7. The zero-order valence-corrected chi connectivity index (χ0v) is 34.6. The Balaban J connectivity index is 1.05. The molecule has 0 spiro atoms. The highest BCUT2D eigenvalue weighted by molar-refractivity contribution is 7.91. The fourth-order valence-corrected chi connectivity index (χ4v) is 11.1. The monoisotopic (exact) mass is 843 g/mol. The number of thiophene rings is 1. The summed E-state index contributed by atoms with van der Waals surface area (Å²) in [5.74, 6) is -1.89. The molecule has 5 heterocycles. The van der Waals surface area contributed by atoms with Gasteiger partial charge in [-0.1, -0.05) is 37.1 Å². The lowest BCUT2D eigenvalue weighted by atomic mass is 10.0. The van der Waals surface area contributed by atoms with Crippen LogP contribution in [0, 0.1) is 12.8 Å². The van der Waals surface area contributed by atoms with Crippen LogP contribution in [-0.2, 0) is 29.1 Å². The standard InChI is InChI=1S/C43H49N5O9S2/c1-25-19-20-58-38(25)32-22-35(37-36(44-32)30-14-9-10-16-34(30)57-37)55-28-21-33-39(49)46-43(41(51)47-59(53,54)29-17-18-29)23-26(43)11-5-3-2-4-6-15-31(40(50)48(33)24-28)45-42(52)56-27-12-7-8-13-27/h5,9-11,14,16,19-20,22,26-29,31,33H,2-4,6-8,12-13,15,17-18,21,23-24H2,1H3,(H,45,52)(H,46,49)(H,47,51)/t26-,28-,31+,33+,43-/m1/s1. The first-order valence-corrected chi connectivity index (χ1v) is 23.3. The number of alkyl carbamates (subject to hydrolysis) is 1. The van der Waals surface area contributed by atoms with Crippen molar-refractivity contribution in [2.75, 3.05) is 6.54 Å². The number of para-hydroxylation sites is 1. The number of allylic oxidation sites excluding steroid dienone is 1. The number of pyridine rings is 1. The molecule has 4 amide bonds. The average Bonchev–Trinajstić information content (AvgIpc) is 3.90. The lowest BCUT2D eigenvalue weighted by molar-refractivity contribution is -0.141. The van der Waals surface area contributed by atoms with Gasteiger partial charge in [-0.15, -0.1) is 11.3 Å². The number of hydrogen-bond donors (Lipinski definition) is 3. The zero-order chi connectivity index (χ0) is 40.9. The zero-order valence-electron chi connectivity index (χ0n) is 32.9. The highest BCUT2D eigenvalue weighted by Gasteiger charge is 2.62. The molecule has 0 radical (unpaired) electrons. The molecule has 0 unspecified atom stereocenters. The van der Waals surface area contributed by atoms with Gasteiger partial charge in [-0.25, -0.2) is 18.2 Å². The predicted octanol–water partition coefficient (Wildman–Crippen LogP) is 6.41. The molecule has 14 nitrogen and oxygen atoms in total. The minimum atomic E-state index is -3.90. The number of aryl methyl sites for hydroxylation is 1. The Morgan fingerprint density at radius 3 is 2.59 bits per heavy atom. The highest BCUT2D eigenvalue weighted by atomic mass is 32.2. The molecule has 0 bridgehead atoms. The largest absolute Gasteiger partial charge is 0.484 e. The summed E-state index contributed by atoms with van der Waals surface area (Å²) in [4.78, 5) is 63.9. The Morgan fingerprint density at radius 2 is 1.81 bits per heavy atom. The molecule has 3 N–H and O–H groups in total. The number of furan rings is 1. The molecule has 3 aromatic heterocycles. The summed E-state index contributed by atoms with van der Waals surface area (Å²) in [6, 6.07) is 9.34. The Morgan fingerprint density at radius 1 is 1.02 bits per heavy atom. The quantitative estimate of drug-likeness (QED) is 0.168. The molecule has 312 valence electrons. The molecule has 16 heteroatoms. The molecule has 59 heavy (non-hydrogen) atoms. The molecule has 4 fully saturated rings. The van der Waals surface area contributed by atoms with Crippen LogP contribution in [-0.4, -0.2) is 83.7 Å². The third-order valence-electron chi connectivity index (χ3n) is 12.4. The van der Waals surface area contributed by atoms with E-state index >= 15 is 0 Å². The van der Waals surface area contributed by atoms with E-state index in [1.54, 1.807) is 11.3 Å². The SMILES string of the molecule is Cc1ccsc1-c1cc(O[C@@H]2C[C@H]3C(=O)N[C@]4(C(=O)NS(=O)(=O)C5CC5)C[C@H]4C=CCCCCC[C@H](NC(=O)OC4CCCC4)C(=O)N3C2)c2oc3ccccc3c2n1. The topological polar surface area (TPSA) is 186 Å². The number of carbonyl (C=O) groups excluding carboxylic acids is 4. The van der Waals surface area contributed by atoms with E-state index in [1.165, 1.54) is 4.90 Å². The molecule has 3 saturated carbocycles. The third kappa shape index (κ3) is 8.05. The van der Waals surface area contributed by atoms with E-state index in [4.69, 9.17) is 18.9 Å². The van der Waals surface area contributed by atoms with Crippen molar-refractivity contribution in [2.24, 2.45) is 5.92 Å². The van der Waals surface area contributed by atoms with Crippen molar-refractivity contribution in [1.29, 1.82) is 0 Å². The molecular formula is C43H49N5O9S2. The number of hydrogen-bond acceptors (Lipinski definition) is 11. The number of nitrogens with zero attached hydrogens (tertiary/aromatic N) is 2. The second-order valence-corrected chi connectivity index (χ2v) is 19.6. The molecular weight excluding hydrogens is 795 g/mol. The maximum Gasteiger partial charge on any atom is 0.408 e. The average molecular weight is 844 g/mol. The number of nitrogens with one attached hydrogen (secondary N) is 3. The summed E-state index contributed by atoms with van der Waals surface area (Å²) in [5.41, 5.74) is 1.92. The van der Waals surface area contributed by atoms with Crippen LogP contribution in [0.15, 0.2) is 58.3 Å². The molecule has 2 aliphatic heterocycles. The van der Waals surface area contributed by atoms with Crippen molar-refractivity contribution < 1.29 is 41.5 Å². The van der Waals surface area contributed by atoms with Gasteiger partial charge in [0.2, 0.25) is 21.8 Å². The van der Waals surface area contributed by atoms with E-state index in [0.29, 0.717) is 60.2 Å². The van der Waals surface area contributed by atoms with E-state index < -0.39 is 68.7 Å². The molecule has 3 aliphatic carbocycles. The molecule has 9 rings (SSSR count). The van der Waals surface area contributed by atoms with E-state index in [9.17, 15) is 27.6 Å². The Kier molecular flexibility index (Phi) is 10.6. The van der Waals surface area contributed by atoms with Gasteiger partial charge >= 0.3 is 6.09 Å². The molecule has 5 aliphatic rings. The van der Waals surface area contributed by atoms with Crippen LogP contribution < -0.4 is 20.1 Å². The van der Waals surface area contributed by atoms with Crippen molar-refractivity contribution in [1.82, 2.24) is 25.2 Å². The van der Waals surface area contributed by atoms with Crippen LogP contribution in [0.1, 0.15) is 89.0 Å². The number of ether oxygens (including phenoxy) is 2. The number of benzene rings is 1. The minimum Gasteiger partial charge on any atom is -0.484 e. The molecule has 4 aromatic rings. The van der Waals surface area contributed by atoms with Gasteiger partial charge in [0.1, 0.15) is 40.9 Å². The number of carbonyl (C=O) groups is 4. The van der Waals surface area contributed by atoms with Gasteiger partial charge in [0.05, 0.1) is 22.4 Å². The normalized spacial score (nSPS) is 26.8. The van der Waals surface area contributed by atoms with Gasteiger partial charge in [0.25, 0.3) is 5.91 Å². The minimum absolute atomic E-state index is 0.0111. The number of fused-ring (bicyclic) bond motifs is 5. The van der Waals surface area contributed by atoms with Crippen LogP contribution >= 0.6 is 11.3 Å². The maximum atomic E-state index is 14.8. The van der Waals surface area contributed by atoms with E-state index in [1.807, 2.05) is 60.9 Å². The molecule has 5 atom stereocenters. The van der Waals surface area contributed by atoms with Crippen LogP contribution in [0.2, 0.25) is 0 Å². The first kappa shape index (κ1) is 39.5. The number of sulfonamides is 1. The van der Waals surface area contributed by atoms with Crippen LogP contribution in [0.3, 0.4) is 0 Å². The summed E-state index contributed by atoms with van der Waals surface area (Å²) < 4.78 is 46.9. The Labute approximate surface area is 346 Å². The summed E-state index contributed by atoms with van der Waals surface area (Å²) in [5, 5.41) is 7.95. The van der Waals surface area contributed by atoms with Crippen LogP contribution in [0.4, 0.5) is 4.79 Å². The second kappa shape index (κ2) is 15.9. The number of aromatic nitrogens is 1. The Bertz CT molecular complexity index is 2430. The summed E-state index contributed by atoms with van der Waals surface area (Å²) in [6.07, 6.45) is 10.2. The van der Waals surface area contributed by atoms with Crippen LogP contribution in [0.25, 0.3) is 32.6 Å². The highest BCUT2D eigenvalue weighted by Crippen LogP contribution is 2.46. The first-order valence-electron chi connectivity index (χ1n) is 20.8. The van der Waals surface area contributed by atoms with Gasteiger partial charge in [-0.05, 0) is 100 Å². The van der Waals surface area contributed by atoms with Gasteiger partial charge in [0.15, 0.2) is 11.3 Å². The van der Waals surface area contributed by atoms with E-state index in [0.717, 1.165) is 54.4 Å². The lowest BCUT2D eigenvalue weighted by Gasteiger charge is -2.30. The van der Waals surface area contributed by atoms with Crippen molar-refractivity contribution in [3.63, 3.8) is 0 Å². The summed E-state index contributed by atoms with van der Waals surface area (Å²) >= 11 is 1.56. The predicted molar refractivity (Wildman–Crippen MR) is 221 cm³/mol. The van der Waals surface area contributed by atoms with E-state index in [-0.39, 0.29) is 25.5 Å². The van der Waals surface area contributed by atoms with Crippen molar-refractivity contribution >= 4 is 67.2 Å². The van der Waals surface area contributed by atoms with Gasteiger partial charge in [0, 0.05) is 23.8 Å². The van der Waals surface area contributed by atoms with Gasteiger partial charge in [-0.3, -0.25) is 19.1 Å². The number of amides is 4. The van der Waals surface area contributed by atoms with Crippen molar-refractivity contribution in [3.05, 3.63) is 59.5 Å². The van der Waals surface area contributed by atoms with Gasteiger partial charge in [-0.2, -0.15) is 0 Å². The van der Waals surface area contributed by atoms with Gasteiger partial charge < -0.3 is 29.4 Å². The first-order chi connectivity index (χ1) is 28.5. The van der Waals surface area contributed by atoms with Crippen molar-refractivity contribution in [3.8, 4) is 16.3 Å². The Hall–Kier alpha value is -4.96. The smallest absolute Gasteiger partial charge is 0.408 e. The van der Waals surface area contributed by atoms with Crippen LogP contribution in [0.5, 0.6) is 5.75 Å². The van der Waals surface area contributed by atoms with Crippen molar-refractivity contribution in [2.45, 2.75) is 125 Å². The summed E-state index contributed by atoms with van der Waals surface area (Å²) in [7, 11) is -3.90. The lowest BCUT2D eigenvalue weighted by Crippen LogP contribution is -2.58. The number of rotatable bonds is 8. The maximum absolute atomic E-state index is 14.8. The third-order valence-corrected chi connectivity index (χ3v) is 15.3. The fraction of sp³-hybridized carbons (Fsp3) is 0.512. The summed E-state index contributed by atoms with van der Waals surface area (Å²) in [6.45, 7) is 2.00. The fourth-order valence-electron chi connectivity index (χ4n) is 8.85.